The molecule has 96 valence electrons. The first-order valence-corrected chi connectivity index (χ1v) is 6.85. The summed E-state index contributed by atoms with van der Waals surface area (Å²) in [4.78, 5) is 2.55. The minimum Gasteiger partial charge on any atom is -0.463 e. The molecule has 1 aliphatic carbocycles. The molecule has 1 heterocycles. The van der Waals surface area contributed by atoms with E-state index in [1.54, 1.807) is 0 Å². The van der Waals surface area contributed by atoms with E-state index >= 15 is 0 Å². The number of nitrogens with one attached hydrogen (secondary N) is 1. The monoisotopic (exact) mass is 236 g/mol. The molecule has 3 heteroatoms. The lowest BCUT2D eigenvalue weighted by Gasteiger charge is -2.19. The van der Waals surface area contributed by atoms with Gasteiger partial charge in [-0.2, -0.15) is 0 Å². The Kier molecular flexibility index (Phi) is 4.63. The van der Waals surface area contributed by atoms with Crippen LogP contribution < -0.4 is 5.32 Å². The summed E-state index contributed by atoms with van der Waals surface area (Å²) in [6.07, 6.45) is 3.96. The molecule has 1 aliphatic rings. The molecule has 0 amide bonds. The summed E-state index contributed by atoms with van der Waals surface area (Å²) in [5, 5.41) is 3.28. The zero-order chi connectivity index (χ0) is 12.1. The first-order chi connectivity index (χ1) is 8.33. The van der Waals surface area contributed by atoms with Gasteiger partial charge in [-0.25, -0.2) is 0 Å². The van der Waals surface area contributed by atoms with Crippen molar-refractivity contribution in [3.8, 4) is 0 Å². The van der Waals surface area contributed by atoms with Crippen molar-refractivity contribution in [1.82, 2.24) is 10.2 Å². The fourth-order valence-electron chi connectivity index (χ4n) is 2.17. The van der Waals surface area contributed by atoms with Gasteiger partial charge >= 0.3 is 0 Å². The summed E-state index contributed by atoms with van der Waals surface area (Å²) in [6, 6.07) is 5.03. The highest BCUT2D eigenvalue weighted by Gasteiger charge is 2.28. The van der Waals surface area contributed by atoms with Crippen LogP contribution >= 0.6 is 0 Å². The Morgan fingerprint density at radius 3 is 2.71 bits per heavy atom. The normalized spacial score (nSPS) is 15.7. The maximum absolute atomic E-state index is 5.84. The molecule has 17 heavy (non-hydrogen) atoms. The topological polar surface area (TPSA) is 28.4 Å². The van der Waals surface area contributed by atoms with Crippen LogP contribution in [0.25, 0.3) is 0 Å². The molecule has 1 N–H and O–H groups in total. The third-order valence-corrected chi connectivity index (χ3v) is 3.20. The maximum atomic E-state index is 5.84. The highest BCUT2D eigenvalue weighted by atomic mass is 16.3. The van der Waals surface area contributed by atoms with Crippen LogP contribution in [0.4, 0.5) is 0 Å². The predicted octanol–water partition coefficient (Wildman–Crippen LogP) is 2.76. The first kappa shape index (κ1) is 12.7. The van der Waals surface area contributed by atoms with Gasteiger partial charge in [0.2, 0.25) is 0 Å². The van der Waals surface area contributed by atoms with Gasteiger partial charge in [0.1, 0.15) is 11.5 Å². The molecule has 0 aromatic carbocycles. The van der Waals surface area contributed by atoms with Crippen LogP contribution in [0.3, 0.4) is 0 Å². The molecule has 1 saturated carbocycles. The zero-order valence-corrected chi connectivity index (χ0v) is 11.0. The van der Waals surface area contributed by atoms with Gasteiger partial charge in [-0.3, -0.25) is 4.90 Å². The molecule has 0 radical (unpaired) electrons. The number of furan rings is 1. The summed E-state index contributed by atoms with van der Waals surface area (Å²) in [6.45, 7) is 8.35. The molecule has 1 aromatic heterocycles. The van der Waals surface area contributed by atoms with Crippen LogP contribution in [0.1, 0.15) is 44.6 Å². The van der Waals surface area contributed by atoms with E-state index in [1.807, 2.05) is 0 Å². The molecule has 0 saturated heterocycles. The van der Waals surface area contributed by atoms with Gasteiger partial charge in [0, 0.05) is 6.04 Å². The van der Waals surface area contributed by atoms with Crippen molar-refractivity contribution in [2.75, 3.05) is 13.1 Å². The Morgan fingerprint density at radius 1 is 1.29 bits per heavy atom. The zero-order valence-electron chi connectivity index (χ0n) is 11.0. The van der Waals surface area contributed by atoms with Crippen LogP contribution in [0.5, 0.6) is 0 Å². The largest absolute Gasteiger partial charge is 0.463 e. The third kappa shape index (κ3) is 3.86. The highest BCUT2D eigenvalue weighted by molar-refractivity contribution is 5.07. The summed E-state index contributed by atoms with van der Waals surface area (Å²) < 4.78 is 5.84. The summed E-state index contributed by atoms with van der Waals surface area (Å²) in [5.74, 6) is 2.16. The van der Waals surface area contributed by atoms with E-state index in [-0.39, 0.29) is 0 Å². The number of hydrogen-bond acceptors (Lipinski definition) is 3. The lowest BCUT2D eigenvalue weighted by molar-refractivity contribution is 0.231. The van der Waals surface area contributed by atoms with Crippen molar-refractivity contribution in [1.29, 1.82) is 0 Å². The van der Waals surface area contributed by atoms with E-state index in [2.05, 4.69) is 36.2 Å². The number of hydrogen-bond donors (Lipinski definition) is 1. The third-order valence-electron chi connectivity index (χ3n) is 3.20. The summed E-state index contributed by atoms with van der Waals surface area (Å²) in [7, 11) is 0. The van der Waals surface area contributed by atoms with Crippen molar-refractivity contribution in [3.63, 3.8) is 0 Å². The summed E-state index contributed by atoms with van der Waals surface area (Å²) >= 11 is 0. The first-order valence-electron chi connectivity index (χ1n) is 6.85. The van der Waals surface area contributed by atoms with E-state index in [9.17, 15) is 0 Å². The predicted molar refractivity (Wildman–Crippen MR) is 69.8 cm³/mol. The Balaban J connectivity index is 1.85. The second-order valence-corrected chi connectivity index (χ2v) is 4.85. The van der Waals surface area contributed by atoms with Gasteiger partial charge in [0.05, 0.1) is 13.1 Å². The average Bonchev–Trinajstić information content (AvgIpc) is 3.08. The van der Waals surface area contributed by atoms with Crippen LogP contribution in [0, 0.1) is 0 Å². The molecule has 1 aromatic rings. The van der Waals surface area contributed by atoms with Gasteiger partial charge in [0.15, 0.2) is 0 Å². The van der Waals surface area contributed by atoms with Crippen molar-refractivity contribution in [2.24, 2.45) is 0 Å². The van der Waals surface area contributed by atoms with Crippen LogP contribution in [-0.4, -0.2) is 24.0 Å². The van der Waals surface area contributed by atoms with E-state index in [1.165, 1.54) is 25.8 Å². The molecule has 0 unspecified atom stereocenters. The average molecular weight is 236 g/mol. The highest BCUT2D eigenvalue weighted by Crippen LogP contribution is 2.28. The Labute approximate surface area is 104 Å². The second kappa shape index (κ2) is 6.22. The van der Waals surface area contributed by atoms with Crippen molar-refractivity contribution >= 4 is 0 Å². The van der Waals surface area contributed by atoms with E-state index < -0.39 is 0 Å². The molecule has 1 fully saturated rings. The van der Waals surface area contributed by atoms with E-state index in [4.69, 9.17) is 4.42 Å². The standard InChI is InChI=1S/C14H24N2O/c1-3-9-16(12-5-6-12)11-14-8-7-13(17-14)10-15-4-2/h7-8,12,15H,3-6,9-11H2,1-2H3. The molecule has 2 rings (SSSR count). The Morgan fingerprint density at radius 2 is 2.06 bits per heavy atom. The van der Waals surface area contributed by atoms with E-state index in [0.29, 0.717) is 0 Å². The van der Waals surface area contributed by atoms with Gasteiger partial charge in [-0.05, 0) is 44.5 Å². The lowest BCUT2D eigenvalue weighted by Crippen LogP contribution is -2.26. The summed E-state index contributed by atoms with van der Waals surface area (Å²) in [5.41, 5.74) is 0. The Bertz CT molecular complexity index is 331. The van der Waals surface area contributed by atoms with Crippen LogP contribution in [0.2, 0.25) is 0 Å². The fraction of sp³-hybridized carbons (Fsp3) is 0.714. The molecule has 0 atom stereocenters. The molecular weight excluding hydrogens is 212 g/mol. The van der Waals surface area contributed by atoms with Crippen LogP contribution in [-0.2, 0) is 13.1 Å². The Hall–Kier alpha value is -0.800. The SMILES string of the molecule is CCCN(Cc1ccc(CNCC)o1)C1CC1. The van der Waals surface area contributed by atoms with Crippen molar-refractivity contribution in [3.05, 3.63) is 23.7 Å². The van der Waals surface area contributed by atoms with Crippen molar-refractivity contribution in [2.45, 2.75) is 52.2 Å². The molecule has 0 spiro atoms. The molecule has 0 aliphatic heterocycles. The van der Waals surface area contributed by atoms with Crippen molar-refractivity contribution < 1.29 is 4.42 Å². The number of nitrogens with zero attached hydrogens (tertiary/aromatic N) is 1. The number of rotatable bonds is 8. The van der Waals surface area contributed by atoms with Gasteiger partial charge in [-0.1, -0.05) is 13.8 Å². The minimum atomic E-state index is 0.817. The molecular formula is C14H24N2O. The fourth-order valence-corrected chi connectivity index (χ4v) is 2.17. The van der Waals surface area contributed by atoms with Gasteiger partial charge < -0.3 is 9.73 Å². The van der Waals surface area contributed by atoms with Crippen LogP contribution in [0.15, 0.2) is 16.5 Å². The maximum Gasteiger partial charge on any atom is 0.118 e. The molecule has 0 bridgehead atoms. The lowest BCUT2D eigenvalue weighted by atomic mass is 10.3. The van der Waals surface area contributed by atoms with Gasteiger partial charge in [-0.15, -0.1) is 0 Å². The van der Waals surface area contributed by atoms with E-state index in [0.717, 1.165) is 37.2 Å². The second-order valence-electron chi connectivity index (χ2n) is 4.85. The molecule has 3 nitrogen and oxygen atoms in total. The quantitative estimate of drug-likeness (QED) is 0.752. The minimum absolute atomic E-state index is 0.817. The van der Waals surface area contributed by atoms with Gasteiger partial charge in [0.25, 0.3) is 0 Å². The smallest absolute Gasteiger partial charge is 0.118 e.